The van der Waals surface area contributed by atoms with Crippen LogP contribution in [0.1, 0.15) is 12.0 Å². The number of halogens is 2. The number of nitriles is 1. The van der Waals surface area contributed by atoms with E-state index in [2.05, 4.69) is 21.0 Å². The van der Waals surface area contributed by atoms with Crippen molar-refractivity contribution in [1.29, 1.82) is 5.26 Å². The van der Waals surface area contributed by atoms with E-state index in [1.165, 1.54) is 11.8 Å². The molecule has 3 aromatic rings. The molecule has 2 aromatic heterocycles. The van der Waals surface area contributed by atoms with Crippen LogP contribution in [-0.4, -0.2) is 65.6 Å². The second-order valence-corrected chi connectivity index (χ2v) is 8.30. The number of aromatic nitrogens is 3. The van der Waals surface area contributed by atoms with Crippen molar-refractivity contribution in [2.45, 2.75) is 17.7 Å². The Kier molecular flexibility index (Phi) is 6.51. The maximum Gasteiger partial charge on any atom is 0.189 e. The van der Waals surface area contributed by atoms with Crippen LogP contribution in [0.2, 0.25) is 5.02 Å². The first-order valence-electron chi connectivity index (χ1n) is 9.74. The van der Waals surface area contributed by atoms with Crippen molar-refractivity contribution >= 4 is 34.4 Å². The Labute approximate surface area is 188 Å². The normalized spacial score (nSPS) is 16.5. The van der Waals surface area contributed by atoms with Crippen LogP contribution in [0, 0.1) is 11.3 Å². The van der Waals surface area contributed by atoms with Gasteiger partial charge in [-0.3, -0.25) is 4.90 Å². The van der Waals surface area contributed by atoms with E-state index >= 15 is 0 Å². The number of hydrogen-bond donors (Lipinski definition) is 1. The minimum Gasteiger partial charge on any atom is -0.493 e. The van der Waals surface area contributed by atoms with Gasteiger partial charge in [0.05, 0.1) is 28.8 Å². The number of thioether (sulfide) groups is 1. The minimum atomic E-state index is -0.766. The van der Waals surface area contributed by atoms with Gasteiger partial charge in [-0.05, 0) is 18.7 Å². The van der Waals surface area contributed by atoms with Gasteiger partial charge in [0, 0.05) is 37.5 Å². The molecule has 1 saturated heterocycles. The van der Waals surface area contributed by atoms with Gasteiger partial charge >= 0.3 is 0 Å². The van der Waals surface area contributed by atoms with Crippen LogP contribution in [0.15, 0.2) is 23.5 Å². The Hall–Kier alpha value is -2.54. The molecule has 0 spiro atoms. The number of aromatic amines is 1. The number of nitrogens with zero attached hydrogens (tertiary/aromatic N) is 4. The van der Waals surface area contributed by atoms with E-state index in [0.29, 0.717) is 75.6 Å². The zero-order valence-electron chi connectivity index (χ0n) is 17.1. The highest BCUT2D eigenvalue weighted by atomic mass is 35.5. The molecular weight excluding hydrogens is 441 g/mol. The zero-order valence-corrected chi connectivity index (χ0v) is 18.7. The number of nitrogens with one attached hydrogen (secondary N) is 1. The number of fused-ring (bicyclic) bond motifs is 1. The summed E-state index contributed by atoms with van der Waals surface area (Å²) in [6.45, 7) is 2.17. The lowest BCUT2D eigenvalue weighted by atomic mass is 10.1. The molecule has 0 unspecified atom stereocenters. The van der Waals surface area contributed by atoms with Crippen LogP contribution in [0.4, 0.5) is 4.39 Å². The molecule has 162 valence electrons. The summed E-state index contributed by atoms with van der Waals surface area (Å²) < 4.78 is 24.8. The van der Waals surface area contributed by atoms with Gasteiger partial charge in [-0.2, -0.15) is 5.26 Å². The number of ether oxygens (including phenoxy) is 2. The van der Waals surface area contributed by atoms with Gasteiger partial charge in [0.2, 0.25) is 0 Å². The Morgan fingerprint density at radius 2 is 2.23 bits per heavy atom. The molecule has 31 heavy (non-hydrogen) atoms. The molecule has 3 heterocycles. The molecule has 0 amide bonds. The Morgan fingerprint density at radius 1 is 1.39 bits per heavy atom. The second-order valence-electron chi connectivity index (χ2n) is 7.11. The third-order valence-corrected chi connectivity index (χ3v) is 6.06. The van der Waals surface area contributed by atoms with E-state index < -0.39 is 6.17 Å². The Morgan fingerprint density at radius 3 is 2.90 bits per heavy atom. The average Bonchev–Trinajstić information content (AvgIpc) is 3.39. The molecule has 4 rings (SSSR count). The van der Waals surface area contributed by atoms with E-state index in [9.17, 15) is 9.65 Å². The number of alkyl halides is 1. The molecule has 0 aliphatic carbocycles. The molecule has 1 fully saturated rings. The number of rotatable bonds is 7. The number of benzene rings is 1. The van der Waals surface area contributed by atoms with Gasteiger partial charge in [0.25, 0.3) is 0 Å². The van der Waals surface area contributed by atoms with Crippen LogP contribution >= 0.6 is 23.4 Å². The van der Waals surface area contributed by atoms with Gasteiger partial charge in [0.15, 0.2) is 16.7 Å². The molecule has 1 aliphatic rings. The number of likely N-dealkylation sites (tertiary alicyclic amines) is 1. The molecule has 0 saturated carbocycles. The van der Waals surface area contributed by atoms with Crippen molar-refractivity contribution in [1.82, 2.24) is 19.9 Å². The third kappa shape index (κ3) is 4.42. The highest BCUT2D eigenvalue weighted by Crippen LogP contribution is 2.41. The molecule has 0 bridgehead atoms. The molecule has 1 aromatic carbocycles. The number of hydrogen-bond acceptors (Lipinski definition) is 7. The van der Waals surface area contributed by atoms with E-state index in [0.717, 1.165) is 6.54 Å². The van der Waals surface area contributed by atoms with Gasteiger partial charge in [-0.25, -0.2) is 14.4 Å². The van der Waals surface area contributed by atoms with Crippen molar-refractivity contribution in [2.24, 2.45) is 0 Å². The fourth-order valence-electron chi connectivity index (χ4n) is 3.65. The summed E-state index contributed by atoms with van der Waals surface area (Å²) >= 11 is 7.98. The van der Waals surface area contributed by atoms with Crippen molar-refractivity contribution in [3.63, 3.8) is 0 Å². The smallest absolute Gasteiger partial charge is 0.189 e. The van der Waals surface area contributed by atoms with Gasteiger partial charge in [0.1, 0.15) is 24.5 Å². The maximum atomic E-state index is 13.4. The fourth-order valence-corrected chi connectivity index (χ4v) is 4.26. The lowest BCUT2D eigenvalue weighted by Gasteiger charge is -2.17. The van der Waals surface area contributed by atoms with E-state index in [1.54, 1.807) is 25.4 Å². The number of methoxy groups -OCH3 is 1. The zero-order chi connectivity index (χ0) is 22.0. The quantitative estimate of drug-likeness (QED) is 0.414. The molecule has 1 aliphatic heterocycles. The van der Waals surface area contributed by atoms with Gasteiger partial charge < -0.3 is 14.5 Å². The molecular formula is C21H21ClFN5O2S. The lowest BCUT2D eigenvalue weighted by Crippen LogP contribution is -2.26. The first-order valence-corrected chi connectivity index (χ1v) is 11.3. The summed E-state index contributed by atoms with van der Waals surface area (Å²) in [6.07, 6.45) is 3.28. The summed E-state index contributed by atoms with van der Waals surface area (Å²) in [5, 5.41) is 11.1. The Balaban J connectivity index is 1.71. The summed E-state index contributed by atoms with van der Waals surface area (Å²) in [5.74, 6) is 0.993. The van der Waals surface area contributed by atoms with Crippen molar-refractivity contribution in [2.75, 3.05) is 39.6 Å². The second kappa shape index (κ2) is 9.30. The lowest BCUT2D eigenvalue weighted by molar-refractivity contribution is 0.219. The van der Waals surface area contributed by atoms with Crippen LogP contribution in [0.3, 0.4) is 0 Å². The Bertz CT molecular complexity index is 1150. The number of H-pyrrole nitrogens is 1. The third-order valence-electron chi connectivity index (χ3n) is 5.20. The first-order chi connectivity index (χ1) is 15.0. The average molecular weight is 462 g/mol. The monoisotopic (exact) mass is 461 g/mol. The largest absolute Gasteiger partial charge is 0.493 e. The van der Waals surface area contributed by atoms with Crippen molar-refractivity contribution in [3.8, 4) is 28.8 Å². The molecule has 1 atom stereocenters. The summed E-state index contributed by atoms with van der Waals surface area (Å²) in [7, 11) is 1.54. The van der Waals surface area contributed by atoms with Crippen LogP contribution in [-0.2, 0) is 0 Å². The van der Waals surface area contributed by atoms with Crippen LogP contribution in [0.5, 0.6) is 11.5 Å². The minimum absolute atomic E-state index is 0.382. The molecule has 10 heteroatoms. The summed E-state index contributed by atoms with van der Waals surface area (Å²) in [5.41, 5.74) is 2.16. The van der Waals surface area contributed by atoms with Gasteiger partial charge in [-0.1, -0.05) is 23.4 Å². The first kappa shape index (κ1) is 21.7. The predicted molar refractivity (Wildman–Crippen MR) is 119 cm³/mol. The molecule has 0 radical (unpaired) electrons. The van der Waals surface area contributed by atoms with E-state index in [4.69, 9.17) is 21.1 Å². The SMILES string of the molecule is COc1cc(Cl)c(-c2nc(SC)nc3[nH]cc(C#N)c23)cc1OCCN1CC[C@@H](F)C1. The van der Waals surface area contributed by atoms with Crippen molar-refractivity contribution < 1.29 is 13.9 Å². The summed E-state index contributed by atoms with van der Waals surface area (Å²) in [4.78, 5) is 14.1. The highest BCUT2D eigenvalue weighted by molar-refractivity contribution is 7.98. The molecule has 1 N–H and O–H groups in total. The van der Waals surface area contributed by atoms with Gasteiger partial charge in [-0.15, -0.1) is 0 Å². The van der Waals surface area contributed by atoms with Crippen molar-refractivity contribution in [3.05, 3.63) is 28.9 Å². The topological polar surface area (TPSA) is 87.1 Å². The van der Waals surface area contributed by atoms with E-state index in [-0.39, 0.29) is 0 Å². The van der Waals surface area contributed by atoms with Crippen LogP contribution < -0.4 is 9.47 Å². The highest BCUT2D eigenvalue weighted by Gasteiger charge is 2.22. The predicted octanol–water partition coefficient (Wildman–Crippen LogP) is 4.30. The van der Waals surface area contributed by atoms with Crippen LogP contribution in [0.25, 0.3) is 22.3 Å². The standard InChI is InChI=1S/C21H21ClFN5O2S/c1-29-16-8-15(22)14(7-17(16)30-6-5-28-4-3-13(23)11-28)19-18-12(9-24)10-25-20(18)27-21(26-19)31-2/h7-8,10,13H,3-6,11H2,1-2H3,(H,25,26,27)/t13-/m1/s1. The maximum absolute atomic E-state index is 13.4. The summed E-state index contributed by atoms with van der Waals surface area (Å²) in [6, 6.07) is 5.61. The van der Waals surface area contributed by atoms with E-state index in [1.807, 2.05) is 11.2 Å². The fraction of sp³-hybridized carbons (Fsp3) is 0.381. The molecule has 7 nitrogen and oxygen atoms in total.